The number of carbonyl (C=O) groups is 2. The summed E-state index contributed by atoms with van der Waals surface area (Å²) in [5.74, 6) is -0.308. The van der Waals surface area contributed by atoms with Gasteiger partial charge in [0.05, 0.1) is 0 Å². The second-order valence-electron chi connectivity index (χ2n) is 5.47. The molecule has 0 saturated carbocycles. The predicted molar refractivity (Wildman–Crippen MR) is 88.5 cm³/mol. The van der Waals surface area contributed by atoms with Crippen LogP contribution in [-0.2, 0) is 9.59 Å². The zero-order valence-electron chi connectivity index (χ0n) is 12.7. The predicted octanol–water partition coefficient (Wildman–Crippen LogP) is 2.87. The highest BCUT2D eigenvalue weighted by molar-refractivity contribution is 6.32. The van der Waals surface area contributed by atoms with E-state index in [1.807, 2.05) is 23.1 Å². The molecule has 2 amide bonds. The molecule has 1 atom stereocenters. The minimum atomic E-state index is -0.513. The number of amides is 2. The molecule has 0 aromatic heterocycles. The molecule has 5 heteroatoms. The Morgan fingerprint density at radius 2 is 1.91 bits per heavy atom. The minimum absolute atomic E-state index is 0.0146. The van der Waals surface area contributed by atoms with Crippen molar-refractivity contribution in [3.05, 3.63) is 40.9 Å². The number of hydrogen-bond donors (Lipinski definition) is 1. The zero-order chi connectivity index (χ0) is 15.9. The summed E-state index contributed by atoms with van der Waals surface area (Å²) in [5.41, 5.74) is 0.773. The van der Waals surface area contributed by atoms with Crippen LogP contribution < -0.4 is 5.32 Å². The third kappa shape index (κ3) is 4.60. The van der Waals surface area contributed by atoms with E-state index in [1.165, 1.54) is 12.5 Å². The monoisotopic (exact) mass is 320 g/mol. The second-order valence-corrected chi connectivity index (χ2v) is 5.88. The van der Waals surface area contributed by atoms with Crippen molar-refractivity contribution in [1.29, 1.82) is 0 Å². The molecular weight excluding hydrogens is 300 g/mol. The maximum atomic E-state index is 12.2. The van der Waals surface area contributed by atoms with Gasteiger partial charge in [-0.05, 0) is 43.9 Å². The van der Waals surface area contributed by atoms with E-state index in [0.29, 0.717) is 5.02 Å². The quantitative estimate of drug-likeness (QED) is 0.867. The zero-order valence-corrected chi connectivity index (χ0v) is 13.5. The standard InChI is InChI=1S/C17H21ClN2O2/c1-13(17(22)20-11-5-2-6-12-20)19-16(21)10-9-14-7-3-4-8-15(14)18/h3-4,7-10,13H,2,5-6,11-12H2,1H3,(H,19,21)/b10-9+. The third-order valence-electron chi connectivity index (χ3n) is 3.72. The summed E-state index contributed by atoms with van der Waals surface area (Å²) in [5, 5.41) is 3.29. The van der Waals surface area contributed by atoms with Gasteiger partial charge in [0, 0.05) is 24.2 Å². The van der Waals surface area contributed by atoms with Gasteiger partial charge in [0.2, 0.25) is 11.8 Å². The van der Waals surface area contributed by atoms with Crippen molar-refractivity contribution in [2.45, 2.75) is 32.2 Å². The first kappa shape index (κ1) is 16.6. The van der Waals surface area contributed by atoms with E-state index < -0.39 is 6.04 Å². The van der Waals surface area contributed by atoms with Gasteiger partial charge in [0.1, 0.15) is 6.04 Å². The number of carbonyl (C=O) groups excluding carboxylic acids is 2. The first-order chi connectivity index (χ1) is 10.6. The molecule has 4 nitrogen and oxygen atoms in total. The van der Waals surface area contributed by atoms with Gasteiger partial charge in [-0.2, -0.15) is 0 Å². The highest BCUT2D eigenvalue weighted by atomic mass is 35.5. The van der Waals surface area contributed by atoms with E-state index in [9.17, 15) is 9.59 Å². The third-order valence-corrected chi connectivity index (χ3v) is 4.06. The molecule has 1 N–H and O–H groups in total. The number of benzene rings is 1. The van der Waals surface area contributed by atoms with Gasteiger partial charge >= 0.3 is 0 Å². The summed E-state index contributed by atoms with van der Waals surface area (Å²) in [7, 11) is 0. The summed E-state index contributed by atoms with van der Waals surface area (Å²) in [6.07, 6.45) is 6.31. The fraction of sp³-hybridized carbons (Fsp3) is 0.412. The molecule has 0 aliphatic carbocycles. The van der Waals surface area contributed by atoms with Crippen LogP contribution in [0.2, 0.25) is 5.02 Å². The van der Waals surface area contributed by atoms with Gasteiger partial charge in [-0.15, -0.1) is 0 Å². The summed E-state index contributed by atoms with van der Waals surface area (Å²) in [4.78, 5) is 26.0. The largest absolute Gasteiger partial charge is 0.341 e. The molecule has 1 aliphatic rings. The molecule has 118 valence electrons. The van der Waals surface area contributed by atoms with Crippen LogP contribution in [0.4, 0.5) is 0 Å². The van der Waals surface area contributed by atoms with Crippen molar-refractivity contribution in [2.24, 2.45) is 0 Å². The Bertz CT molecular complexity index is 566. The Kier molecular flexibility index (Phi) is 6.01. The van der Waals surface area contributed by atoms with Crippen molar-refractivity contribution in [3.63, 3.8) is 0 Å². The van der Waals surface area contributed by atoms with Crippen LogP contribution in [0, 0.1) is 0 Å². The number of nitrogens with zero attached hydrogens (tertiary/aromatic N) is 1. The van der Waals surface area contributed by atoms with Crippen LogP contribution in [0.1, 0.15) is 31.7 Å². The summed E-state index contributed by atoms with van der Waals surface area (Å²) >= 11 is 6.02. The van der Waals surface area contributed by atoms with Crippen molar-refractivity contribution < 1.29 is 9.59 Å². The number of piperidine rings is 1. The first-order valence-corrected chi connectivity index (χ1v) is 7.97. The van der Waals surface area contributed by atoms with Gasteiger partial charge in [-0.3, -0.25) is 9.59 Å². The van der Waals surface area contributed by atoms with Crippen molar-refractivity contribution in [3.8, 4) is 0 Å². The van der Waals surface area contributed by atoms with E-state index in [1.54, 1.807) is 19.1 Å². The van der Waals surface area contributed by atoms with E-state index >= 15 is 0 Å². The molecule has 1 aromatic rings. The van der Waals surface area contributed by atoms with Crippen LogP contribution in [0.3, 0.4) is 0 Å². The van der Waals surface area contributed by atoms with Crippen LogP contribution >= 0.6 is 11.6 Å². The highest BCUT2D eigenvalue weighted by Gasteiger charge is 2.22. The van der Waals surface area contributed by atoms with E-state index in [2.05, 4.69) is 5.32 Å². The number of likely N-dealkylation sites (tertiary alicyclic amines) is 1. The first-order valence-electron chi connectivity index (χ1n) is 7.60. The number of nitrogens with one attached hydrogen (secondary N) is 1. The molecule has 0 radical (unpaired) electrons. The number of hydrogen-bond acceptors (Lipinski definition) is 2. The van der Waals surface area contributed by atoms with Crippen molar-refractivity contribution >= 4 is 29.5 Å². The maximum Gasteiger partial charge on any atom is 0.244 e. The Morgan fingerprint density at radius 3 is 2.59 bits per heavy atom. The van der Waals surface area contributed by atoms with Gasteiger partial charge in [-0.1, -0.05) is 29.8 Å². The van der Waals surface area contributed by atoms with Crippen molar-refractivity contribution in [1.82, 2.24) is 10.2 Å². The molecule has 1 heterocycles. The molecule has 0 spiro atoms. The highest BCUT2D eigenvalue weighted by Crippen LogP contribution is 2.16. The average molecular weight is 321 g/mol. The molecule has 1 aromatic carbocycles. The summed E-state index contributed by atoms with van der Waals surface area (Å²) in [6, 6.07) is 6.77. The van der Waals surface area contributed by atoms with Crippen LogP contribution in [0.15, 0.2) is 30.3 Å². The minimum Gasteiger partial charge on any atom is -0.341 e. The Morgan fingerprint density at radius 1 is 1.23 bits per heavy atom. The summed E-state index contributed by atoms with van der Waals surface area (Å²) in [6.45, 7) is 3.29. The fourth-order valence-electron chi connectivity index (χ4n) is 2.49. The number of halogens is 1. The van der Waals surface area contributed by atoms with Gasteiger partial charge < -0.3 is 10.2 Å². The molecule has 22 heavy (non-hydrogen) atoms. The van der Waals surface area contributed by atoms with Gasteiger partial charge in [-0.25, -0.2) is 0 Å². The SMILES string of the molecule is CC(NC(=O)/C=C/c1ccccc1Cl)C(=O)N1CCCCC1. The maximum absolute atomic E-state index is 12.2. The topological polar surface area (TPSA) is 49.4 Å². The molecule has 1 unspecified atom stereocenters. The normalized spacial score (nSPS) is 16.5. The van der Waals surface area contributed by atoms with Crippen molar-refractivity contribution in [2.75, 3.05) is 13.1 Å². The van der Waals surface area contributed by atoms with E-state index in [4.69, 9.17) is 11.6 Å². The van der Waals surface area contributed by atoms with Gasteiger partial charge in [0.25, 0.3) is 0 Å². The lowest BCUT2D eigenvalue weighted by molar-refractivity contribution is -0.135. The molecule has 0 bridgehead atoms. The lowest BCUT2D eigenvalue weighted by Crippen LogP contribution is -2.48. The van der Waals surface area contributed by atoms with Crippen LogP contribution in [0.5, 0.6) is 0 Å². The lowest BCUT2D eigenvalue weighted by Gasteiger charge is -2.29. The average Bonchev–Trinajstić information content (AvgIpc) is 2.54. The molecular formula is C17H21ClN2O2. The molecule has 2 rings (SSSR count). The Labute approximate surface area is 136 Å². The number of rotatable bonds is 4. The molecule has 1 fully saturated rings. The van der Waals surface area contributed by atoms with Gasteiger partial charge in [0.15, 0.2) is 0 Å². The summed E-state index contributed by atoms with van der Waals surface area (Å²) < 4.78 is 0. The Hall–Kier alpha value is -1.81. The molecule has 1 saturated heterocycles. The van der Waals surface area contributed by atoms with Crippen LogP contribution in [-0.4, -0.2) is 35.8 Å². The second kappa shape index (κ2) is 7.99. The smallest absolute Gasteiger partial charge is 0.244 e. The fourth-order valence-corrected chi connectivity index (χ4v) is 2.69. The van der Waals surface area contributed by atoms with E-state index in [0.717, 1.165) is 31.5 Å². The van der Waals surface area contributed by atoms with Crippen LogP contribution in [0.25, 0.3) is 6.08 Å². The molecule has 1 aliphatic heterocycles. The lowest BCUT2D eigenvalue weighted by atomic mass is 10.1. The Balaban J connectivity index is 1.88. The van der Waals surface area contributed by atoms with E-state index in [-0.39, 0.29) is 11.8 Å².